The van der Waals surface area contributed by atoms with Gasteiger partial charge in [0.15, 0.2) is 17.5 Å². The van der Waals surface area contributed by atoms with Gasteiger partial charge in [-0.2, -0.15) is 0 Å². The second-order valence-electron chi connectivity index (χ2n) is 9.65. The van der Waals surface area contributed by atoms with Crippen LogP contribution < -0.4 is 0 Å². The first kappa shape index (κ1) is 26.8. The molecule has 11 nitrogen and oxygen atoms in total. The van der Waals surface area contributed by atoms with E-state index in [1.807, 2.05) is 0 Å². The average molecular weight is 543 g/mol. The van der Waals surface area contributed by atoms with Gasteiger partial charge in [0, 0.05) is 38.3 Å². The van der Waals surface area contributed by atoms with Gasteiger partial charge >= 0.3 is 6.09 Å². The van der Waals surface area contributed by atoms with Crippen LogP contribution in [0.4, 0.5) is 18.0 Å². The Balaban J connectivity index is 1.36. The van der Waals surface area contributed by atoms with Gasteiger partial charge in [-0.3, -0.25) is 0 Å². The number of amides is 1. The highest BCUT2D eigenvalue weighted by Gasteiger charge is 2.49. The summed E-state index contributed by atoms with van der Waals surface area (Å²) in [5, 5.41) is 28.8. The number of methoxy groups -OCH3 is 1. The molecular weight excluding hydrogens is 513 g/mol. The SMILES string of the molecule is CO[C@@H]1[C@@H](n2cc(-c3cc(F)c(F)c(F)c3)nn2)[C@@H](O)[C@@H](CO)O[C@@H]1C[C@@H]1CN(C2CCOCC2)C(=O)O1. The first-order valence-electron chi connectivity index (χ1n) is 12.4. The Morgan fingerprint density at radius 1 is 1.16 bits per heavy atom. The van der Waals surface area contributed by atoms with Crippen molar-refractivity contribution in [1.82, 2.24) is 19.9 Å². The molecule has 208 valence electrons. The molecule has 0 unspecified atom stereocenters. The van der Waals surface area contributed by atoms with Crippen molar-refractivity contribution in [2.24, 2.45) is 0 Å². The highest BCUT2D eigenvalue weighted by molar-refractivity contribution is 5.70. The minimum atomic E-state index is -1.60. The maximum atomic E-state index is 13.8. The summed E-state index contributed by atoms with van der Waals surface area (Å²) in [7, 11) is 1.41. The van der Waals surface area contributed by atoms with Gasteiger partial charge in [0.1, 0.15) is 36.2 Å². The Bertz CT molecular complexity index is 1120. The van der Waals surface area contributed by atoms with Crippen LogP contribution in [0, 0.1) is 17.5 Å². The lowest BCUT2D eigenvalue weighted by atomic mass is 9.89. The second kappa shape index (κ2) is 11.1. The molecule has 1 amide bonds. The number of ether oxygens (including phenoxy) is 4. The van der Waals surface area contributed by atoms with E-state index in [1.54, 1.807) is 4.90 Å². The molecule has 2 aromatic rings. The van der Waals surface area contributed by atoms with E-state index in [-0.39, 0.29) is 23.7 Å². The van der Waals surface area contributed by atoms with Crippen LogP contribution in [0.5, 0.6) is 0 Å². The number of hydrogen-bond acceptors (Lipinski definition) is 9. The number of aliphatic hydroxyl groups excluding tert-OH is 2. The van der Waals surface area contributed by atoms with Crippen molar-refractivity contribution >= 4 is 6.09 Å². The lowest BCUT2D eigenvalue weighted by molar-refractivity contribution is -0.217. The number of benzene rings is 1. The van der Waals surface area contributed by atoms with Crippen LogP contribution >= 0.6 is 0 Å². The standard InChI is InChI=1S/C24H29F3N4O7/c1-35-23-18(8-14-9-30(24(34)37-14)13-2-4-36-5-3-13)38-19(11-32)22(33)21(23)31-10-17(28-29-31)12-6-15(25)20(27)16(26)7-12/h6-7,10,13-14,18-19,21-23,32-33H,2-5,8-9,11H2,1H3/t14-,18-,19-,21+,22+,23+/m1/s1. The van der Waals surface area contributed by atoms with E-state index < -0.39 is 66.7 Å². The normalized spacial score (nSPS) is 30.6. The highest BCUT2D eigenvalue weighted by Crippen LogP contribution is 2.36. The predicted molar refractivity (Wildman–Crippen MR) is 122 cm³/mol. The van der Waals surface area contributed by atoms with Crippen LogP contribution in [0.3, 0.4) is 0 Å². The summed E-state index contributed by atoms with van der Waals surface area (Å²) in [6.07, 6.45) is -1.77. The molecule has 3 aliphatic rings. The van der Waals surface area contributed by atoms with Crippen molar-refractivity contribution in [3.63, 3.8) is 0 Å². The van der Waals surface area contributed by atoms with Gasteiger partial charge in [0.25, 0.3) is 0 Å². The maximum Gasteiger partial charge on any atom is 0.410 e. The molecule has 14 heteroatoms. The lowest BCUT2D eigenvalue weighted by Crippen LogP contribution is -2.57. The molecule has 1 aromatic carbocycles. The van der Waals surface area contributed by atoms with E-state index in [0.29, 0.717) is 19.8 Å². The van der Waals surface area contributed by atoms with Crippen molar-refractivity contribution in [2.45, 2.75) is 61.9 Å². The fourth-order valence-electron chi connectivity index (χ4n) is 5.43. The molecular formula is C24H29F3N4O7. The van der Waals surface area contributed by atoms with Crippen LogP contribution in [-0.4, -0.2) is 106 Å². The summed E-state index contributed by atoms with van der Waals surface area (Å²) < 4.78 is 64.8. The second-order valence-corrected chi connectivity index (χ2v) is 9.65. The Kier molecular flexibility index (Phi) is 7.86. The van der Waals surface area contributed by atoms with Crippen molar-refractivity contribution in [3.8, 4) is 11.3 Å². The number of carbonyl (C=O) groups is 1. The topological polar surface area (TPSA) is 128 Å². The van der Waals surface area contributed by atoms with Crippen LogP contribution in [-0.2, 0) is 18.9 Å². The molecule has 3 fully saturated rings. The molecule has 5 rings (SSSR count). The fraction of sp³-hybridized carbons (Fsp3) is 0.625. The summed E-state index contributed by atoms with van der Waals surface area (Å²) >= 11 is 0. The van der Waals surface area contributed by atoms with Crippen LogP contribution in [0.2, 0.25) is 0 Å². The third kappa shape index (κ3) is 5.10. The Morgan fingerprint density at radius 2 is 1.87 bits per heavy atom. The molecule has 0 radical (unpaired) electrons. The van der Waals surface area contributed by atoms with Crippen molar-refractivity contribution in [3.05, 3.63) is 35.8 Å². The molecule has 4 heterocycles. The van der Waals surface area contributed by atoms with Crippen LogP contribution in [0.25, 0.3) is 11.3 Å². The fourth-order valence-corrected chi connectivity index (χ4v) is 5.43. The van der Waals surface area contributed by atoms with E-state index in [9.17, 15) is 28.2 Å². The van der Waals surface area contributed by atoms with E-state index in [2.05, 4.69) is 10.3 Å². The van der Waals surface area contributed by atoms with Gasteiger partial charge in [0.2, 0.25) is 0 Å². The first-order chi connectivity index (χ1) is 18.3. The summed E-state index contributed by atoms with van der Waals surface area (Å²) in [5.41, 5.74) is -0.0187. The number of carbonyl (C=O) groups excluding carboxylic acids is 1. The van der Waals surface area contributed by atoms with E-state index in [4.69, 9.17) is 18.9 Å². The van der Waals surface area contributed by atoms with E-state index in [1.165, 1.54) is 18.0 Å². The summed E-state index contributed by atoms with van der Waals surface area (Å²) in [4.78, 5) is 14.2. The van der Waals surface area contributed by atoms with Gasteiger partial charge in [0.05, 0.1) is 25.5 Å². The molecule has 3 aliphatic heterocycles. The number of hydrogen-bond donors (Lipinski definition) is 2. The number of halogens is 3. The summed E-state index contributed by atoms with van der Waals surface area (Å²) in [6.45, 7) is 0.988. The minimum absolute atomic E-state index is 0.0289. The first-order valence-corrected chi connectivity index (χ1v) is 12.4. The molecule has 6 atom stereocenters. The molecule has 0 bridgehead atoms. The van der Waals surface area contributed by atoms with Gasteiger partial charge in [-0.25, -0.2) is 22.6 Å². The number of cyclic esters (lactones) is 1. The third-order valence-electron chi connectivity index (χ3n) is 7.36. The molecule has 0 aliphatic carbocycles. The zero-order valence-electron chi connectivity index (χ0n) is 20.6. The Hall–Kier alpha value is -2.78. The Morgan fingerprint density at radius 3 is 2.53 bits per heavy atom. The monoisotopic (exact) mass is 542 g/mol. The average Bonchev–Trinajstić information content (AvgIpc) is 3.54. The smallest absolute Gasteiger partial charge is 0.410 e. The molecule has 0 saturated carbocycles. The number of nitrogens with zero attached hydrogens (tertiary/aromatic N) is 4. The predicted octanol–water partition coefficient (Wildman–Crippen LogP) is 1.43. The van der Waals surface area contributed by atoms with Gasteiger partial charge in [-0.05, 0) is 25.0 Å². The highest BCUT2D eigenvalue weighted by atomic mass is 19.2. The number of aromatic nitrogens is 3. The van der Waals surface area contributed by atoms with Crippen molar-refractivity contribution < 1.29 is 47.1 Å². The largest absolute Gasteiger partial charge is 0.444 e. The maximum absolute atomic E-state index is 13.8. The zero-order valence-corrected chi connectivity index (χ0v) is 20.6. The van der Waals surface area contributed by atoms with E-state index >= 15 is 0 Å². The molecule has 2 N–H and O–H groups in total. The van der Waals surface area contributed by atoms with Gasteiger partial charge < -0.3 is 34.1 Å². The van der Waals surface area contributed by atoms with Gasteiger partial charge in [-0.1, -0.05) is 5.21 Å². The number of rotatable bonds is 7. The quantitative estimate of drug-likeness (QED) is 0.500. The van der Waals surface area contributed by atoms with Crippen LogP contribution in [0.1, 0.15) is 25.3 Å². The molecule has 3 saturated heterocycles. The zero-order chi connectivity index (χ0) is 27.0. The number of aliphatic hydroxyl groups is 2. The molecule has 0 spiro atoms. The minimum Gasteiger partial charge on any atom is -0.444 e. The third-order valence-corrected chi connectivity index (χ3v) is 7.36. The van der Waals surface area contributed by atoms with Crippen molar-refractivity contribution in [2.75, 3.05) is 33.5 Å². The van der Waals surface area contributed by atoms with Crippen LogP contribution in [0.15, 0.2) is 18.3 Å². The lowest BCUT2D eigenvalue weighted by Gasteiger charge is -2.44. The Labute approximate surface area is 216 Å². The summed E-state index contributed by atoms with van der Waals surface area (Å²) in [6, 6.07) is 0.690. The molecule has 38 heavy (non-hydrogen) atoms. The summed E-state index contributed by atoms with van der Waals surface area (Å²) in [5.74, 6) is -4.36. The molecule has 1 aromatic heterocycles. The van der Waals surface area contributed by atoms with E-state index in [0.717, 1.165) is 25.0 Å². The van der Waals surface area contributed by atoms with Crippen molar-refractivity contribution in [1.29, 1.82) is 0 Å². The van der Waals surface area contributed by atoms with Gasteiger partial charge in [-0.15, -0.1) is 5.10 Å².